The topological polar surface area (TPSA) is 41.1 Å². The van der Waals surface area contributed by atoms with Crippen LogP contribution in [0.2, 0.25) is 10.0 Å². The number of halogens is 3. The van der Waals surface area contributed by atoms with Gasteiger partial charge in [-0.05, 0) is 19.1 Å². The second kappa shape index (κ2) is 6.61. The third kappa shape index (κ3) is 3.89. The maximum Gasteiger partial charge on any atom is 0.242 e. The molecule has 18 heavy (non-hydrogen) atoms. The second-order valence-corrected chi connectivity index (χ2v) is 4.47. The molecule has 0 saturated heterocycles. The van der Waals surface area contributed by atoms with Crippen LogP contribution in [0.1, 0.15) is 6.92 Å². The molecule has 0 bridgehead atoms. The minimum atomic E-state index is -0.673. The highest BCUT2D eigenvalue weighted by Gasteiger charge is 2.13. The monoisotopic (exact) mass is 290 g/mol. The van der Waals surface area contributed by atoms with Crippen LogP contribution in [-0.4, -0.2) is 18.5 Å². The van der Waals surface area contributed by atoms with E-state index in [4.69, 9.17) is 23.2 Å². The Bertz CT molecular complexity index is 442. The number of benzene rings is 1. The van der Waals surface area contributed by atoms with E-state index in [2.05, 4.69) is 17.2 Å². The lowest BCUT2D eigenvalue weighted by atomic mass is 10.2. The van der Waals surface area contributed by atoms with Crippen LogP contribution in [0.5, 0.6) is 0 Å². The van der Waals surface area contributed by atoms with Gasteiger partial charge in [0, 0.05) is 12.2 Å². The van der Waals surface area contributed by atoms with Gasteiger partial charge in [0.2, 0.25) is 5.91 Å². The van der Waals surface area contributed by atoms with E-state index in [0.29, 0.717) is 12.2 Å². The quantitative estimate of drug-likeness (QED) is 0.646. The Kier molecular flexibility index (Phi) is 5.44. The Labute approximate surface area is 115 Å². The number of anilines is 1. The van der Waals surface area contributed by atoms with E-state index in [9.17, 15) is 9.18 Å². The zero-order chi connectivity index (χ0) is 13.7. The summed E-state index contributed by atoms with van der Waals surface area (Å²) in [7, 11) is 0. The number of amides is 1. The zero-order valence-electron chi connectivity index (χ0n) is 9.77. The zero-order valence-corrected chi connectivity index (χ0v) is 11.3. The van der Waals surface area contributed by atoms with E-state index in [-0.39, 0.29) is 16.0 Å². The number of nitrogens with one attached hydrogen (secondary N) is 2. The van der Waals surface area contributed by atoms with Gasteiger partial charge in [0.1, 0.15) is 6.04 Å². The highest BCUT2D eigenvalue weighted by Crippen LogP contribution is 2.27. The van der Waals surface area contributed by atoms with Crippen LogP contribution >= 0.6 is 23.2 Å². The van der Waals surface area contributed by atoms with Gasteiger partial charge in [-0.25, -0.2) is 4.39 Å². The number of carbonyl (C=O) groups is 1. The van der Waals surface area contributed by atoms with E-state index >= 15 is 0 Å². The van der Waals surface area contributed by atoms with Crippen LogP contribution < -0.4 is 10.6 Å². The summed E-state index contributed by atoms with van der Waals surface area (Å²) >= 11 is 11.3. The maximum atomic E-state index is 13.2. The van der Waals surface area contributed by atoms with Crippen molar-refractivity contribution in [2.45, 2.75) is 13.0 Å². The Balaban J connectivity index is 2.72. The summed E-state index contributed by atoms with van der Waals surface area (Å²) in [6.45, 7) is 5.55. The molecule has 0 fully saturated rings. The van der Waals surface area contributed by atoms with E-state index < -0.39 is 11.9 Å². The normalized spacial score (nSPS) is 11.8. The smallest absolute Gasteiger partial charge is 0.242 e. The molecule has 1 atom stereocenters. The van der Waals surface area contributed by atoms with Gasteiger partial charge in [0.15, 0.2) is 5.82 Å². The molecule has 1 unspecified atom stereocenters. The van der Waals surface area contributed by atoms with Crippen LogP contribution in [0, 0.1) is 5.82 Å². The molecule has 0 spiro atoms. The largest absolute Gasteiger partial charge is 0.374 e. The second-order valence-electron chi connectivity index (χ2n) is 3.65. The van der Waals surface area contributed by atoms with Gasteiger partial charge in [0.05, 0.1) is 10.0 Å². The van der Waals surface area contributed by atoms with E-state index in [0.717, 1.165) is 0 Å². The van der Waals surface area contributed by atoms with Crippen molar-refractivity contribution in [1.29, 1.82) is 0 Å². The standard InChI is InChI=1S/C12H13Cl2FN2O/c1-3-4-16-12(18)7(2)17-8-5-9(13)11(15)10(14)6-8/h3,5-7,17H,1,4H2,2H3,(H,16,18). The molecule has 1 aromatic rings. The van der Waals surface area contributed by atoms with E-state index in [1.807, 2.05) is 0 Å². The van der Waals surface area contributed by atoms with Gasteiger partial charge >= 0.3 is 0 Å². The predicted molar refractivity (Wildman–Crippen MR) is 72.7 cm³/mol. The summed E-state index contributed by atoms with van der Waals surface area (Å²) < 4.78 is 13.2. The maximum absolute atomic E-state index is 13.2. The fraction of sp³-hybridized carbons (Fsp3) is 0.250. The van der Waals surface area contributed by atoms with E-state index in [1.165, 1.54) is 12.1 Å². The third-order valence-corrected chi connectivity index (χ3v) is 2.73. The van der Waals surface area contributed by atoms with Crippen LogP contribution in [0.15, 0.2) is 24.8 Å². The van der Waals surface area contributed by atoms with Crippen molar-refractivity contribution in [3.8, 4) is 0 Å². The van der Waals surface area contributed by atoms with Crippen LogP contribution in [0.25, 0.3) is 0 Å². The van der Waals surface area contributed by atoms with Gasteiger partial charge in [-0.3, -0.25) is 4.79 Å². The van der Waals surface area contributed by atoms with Crippen molar-refractivity contribution in [2.24, 2.45) is 0 Å². The average Bonchev–Trinajstić information content (AvgIpc) is 2.32. The first-order valence-corrected chi connectivity index (χ1v) is 6.01. The van der Waals surface area contributed by atoms with Crippen molar-refractivity contribution in [2.75, 3.05) is 11.9 Å². The Hall–Kier alpha value is -1.26. The van der Waals surface area contributed by atoms with Crippen LogP contribution in [0.3, 0.4) is 0 Å². The molecular formula is C12H13Cl2FN2O. The van der Waals surface area contributed by atoms with Crippen LogP contribution in [-0.2, 0) is 4.79 Å². The molecule has 0 aliphatic rings. The molecular weight excluding hydrogens is 278 g/mol. The number of hydrogen-bond acceptors (Lipinski definition) is 2. The minimum absolute atomic E-state index is 0.0938. The summed E-state index contributed by atoms with van der Waals surface area (Å²) in [5.41, 5.74) is 0.479. The molecule has 2 N–H and O–H groups in total. The summed E-state index contributed by atoms with van der Waals surface area (Å²) in [4.78, 5) is 11.6. The number of hydrogen-bond donors (Lipinski definition) is 2. The van der Waals surface area contributed by atoms with Crippen molar-refractivity contribution in [3.05, 3.63) is 40.7 Å². The molecule has 3 nitrogen and oxygen atoms in total. The van der Waals surface area contributed by atoms with Crippen molar-refractivity contribution < 1.29 is 9.18 Å². The first kappa shape index (κ1) is 14.8. The van der Waals surface area contributed by atoms with E-state index in [1.54, 1.807) is 13.0 Å². The molecule has 1 aromatic carbocycles. The molecule has 1 amide bonds. The fourth-order valence-electron chi connectivity index (χ4n) is 1.28. The lowest BCUT2D eigenvalue weighted by Gasteiger charge is -2.15. The van der Waals surface area contributed by atoms with Gasteiger partial charge in [-0.1, -0.05) is 29.3 Å². The first-order chi connectivity index (χ1) is 8.45. The van der Waals surface area contributed by atoms with Crippen molar-refractivity contribution in [1.82, 2.24) is 5.32 Å². The summed E-state index contributed by atoms with van der Waals surface area (Å²) in [5, 5.41) is 5.32. The number of rotatable bonds is 5. The minimum Gasteiger partial charge on any atom is -0.374 e. The lowest BCUT2D eigenvalue weighted by Crippen LogP contribution is -2.37. The van der Waals surface area contributed by atoms with Gasteiger partial charge in [-0.2, -0.15) is 0 Å². The molecule has 98 valence electrons. The van der Waals surface area contributed by atoms with Crippen LogP contribution in [0.4, 0.5) is 10.1 Å². The van der Waals surface area contributed by atoms with Crippen molar-refractivity contribution >= 4 is 34.8 Å². The summed E-state index contributed by atoms with van der Waals surface area (Å²) in [6.07, 6.45) is 1.58. The molecule has 0 aromatic heterocycles. The summed E-state index contributed by atoms with van der Waals surface area (Å²) in [6, 6.07) is 2.25. The van der Waals surface area contributed by atoms with Gasteiger partial charge < -0.3 is 10.6 Å². The van der Waals surface area contributed by atoms with Crippen molar-refractivity contribution in [3.63, 3.8) is 0 Å². The van der Waals surface area contributed by atoms with Gasteiger partial charge in [0.25, 0.3) is 0 Å². The molecule has 6 heteroatoms. The molecule has 1 rings (SSSR count). The highest BCUT2D eigenvalue weighted by molar-refractivity contribution is 6.35. The predicted octanol–water partition coefficient (Wildman–Crippen LogP) is 3.24. The molecule has 0 aliphatic carbocycles. The Morgan fingerprint density at radius 3 is 2.56 bits per heavy atom. The Morgan fingerprint density at radius 2 is 2.06 bits per heavy atom. The highest BCUT2D eigenvalue weighted by atomic mass is 35.5. The number of carbonyl (C=O) groups excluding carboxylic acids is 1. The SMILES string of the molecule is C=CCNC(=O)C(C)Nc1cc(Cl)c(F)c(Cl)c1. The molecule has 0 radical (unpaired) electrons. The summed E-state index contributed by atoms with van der Waals surface area (Å²) in [5.74, 6) is -0.876. The average molecular weight is 291 g/mol. The molecule has 0 heterocycles. The van der Waals surface area contributed by atoms with Gasteiger partial charge in [-0.15, -0.1) is 6.58 Å². The lowest BCUT2D eigenvalue weighted by molar-refractivity contribution is -0.121. The fourth-order valence-corrected chi connectivity index (χ4v) is 1.77. The molecule has 0 aliphatic heterocycles. The molecule has 0 saturated carbocycles. The first-order valence-electron chi connectivity index (χ1n) is 5.25. The third-order valence-electron chi connectivity index (χ3n) is 2.18. The Morgan fingerprint density at radius 1 is 1.50 bits per heavy atom.